The van der Waals surface area contributed by atoms with Crippen molar-refractivity contribution in [3.63, 3.8) is 0 Å². The van der Waals surface area contributed by atoms with E-state index >= 15 is 0 Å². The van der Waals surface area contributed by atoms with E-state index in [1.54, 1.807) is 12.1 Å². The number of sulfone groups is 1. The highest BCUT2D eigenvalue weighted by atomic mass is 35.5. The van der Waals surface area contributed by atoms with Crippen LogP contribution in [-0.4, -0.2) is 24.2 Å². The number of Topliss-reactive ketones (excluding diaryl/α,β-unsaturated/α-hetero) is 1. The number of carbonyl (C=O) groups excluding carboxylic acids is 1. The summed E-state index contributed by atoms with van der Waals surface area (Å²) in [5.41, 5.74) is 2.36. The van der Waals surface area contributed by atoms with E-state index in [1.165, 1.54) is 18.6 Å². The van der Waals surface area contributed by atoms with Gasteiger partial charge in [0.05, 0.1) is 16.3 Å². The number of ketones is 1. The van der Waals surface area contributed by atoms with Crippen molar-refractivity contribution in [2.24, 2.45) is 5.92 Å². The molecular formula is C26H21ClN2O3S. The SMILES string of the molecule is O=C(Cc1ccc2cccc(Cl)c2c1)[C@@H]1CC1c1ccc(S(=O)(=O)Cc2cnccn2)cc1. The van der Waals surface area contributed by atoms with Gasteiger partial charge < -0.3 is 0 Å². The first-order valence-corrected chi connectivity index (χ1v) is 12.7. The van der Waals surface area contributed by atoms with Crippen LogP contribution in [0.25, 0.3) is 10.8 Å². The minimum atomic E-state index is -3.51. The van der Waals surface area contributed by atoms with Crippen molar-refractivity contribution < 1.29 is 13.2 Å². The van der Waals surface area contributed by atoms with Crippen LogP contribution in [0.3, 0.4) is 0 Å². The molecule has 0 aliphatic heterocycles. The lowest BCUT2D eigenvalue weighted by molar-refractivity contribution is -0.119. The zero-order valence-corrected chi connectivity index (χ0v) is 19.3. The Morgan fingerprint density at radius 2 is 1.85 bits per heavy atom. The number of hydrogen-bond donors (Lipinski definition) is 0. The molecule has 0 radical (unpaired) electrons. The number of nitrogens with zero attached hydrogens (tertiary/aromatic N) is 2. The van der Waals surface area contributed by atoms with Crippen LogP contribution in [0.15, 0.2) is 84.1 Å². The Hall–Kier alpha value is -3.09. The molecular weight excluding hydrogens is 456 g/mol. The summed E-state index contributed by atoms with van der Waals surface area (Å²) in [5.74, 6) is 0.110. The van der Waals surface area contributed by atoms with Crippen LogP contribution in [0.4, 0.5) is 0 Å². The second-order valence-corrected chi connectivity index (χ2v) is 10.8. The van der Waals surface area contributed by atoms with E-state index in [2.05, 4.69) is 9.97 Å². The zero-order valence-electron chi connectivity index (χ0n) is 17.7. The van der Waals surface area contributed by atoms with Gasteiger partial charge >= 0.3 is 0 Å². The van der Waals surface area contributed by atoms with Gasteiger partial charge in [-0.05, 0) is 53.1 Å². The molecule has 5 nitrogen and oxygen atoms in total. The predicted molar refractivity (Wildman–Crippen MR) is 128 cm³/mol. The second-order valence-electron chi connectivity index (χ2n) is 8.41. The molecule has 1 aliphatic rings. The van der Waals surface area contributed by atoms with Crippen molar-refractivity contribution in [2.75, 3.05) is 0 Å². The molecule has 1 aromatic heterocycles. The molecule has 7 heteroatoms. The summed E-state index contributed by atoms with van der Waals surface area (Å²) in [4.78, 5) is 21.1. The molecule has 1 aliphatic carbocycles. The number of halogens is 1. The van der Waals surface area contributed by atoms with Crippen molar-refractivity contribution in [1.29, 1.82) is 0 Å². The minimum absolute atomic E-state index is 0.0333. The summed E-state index contributed by atoms with van der Waals surface area (Å²) in [6.07, 6.45) is 5.60. The van der Waals surface area contributed by atoms with E-state index < -0.39 is 9.84 Å². The number of carbonyl (C=O) groups is 1. The van der Waals surface area contributed by atoms with E-state index in [9.17, 15) is 13.2 Å². The largest absolute Gasteiger partial charge is 0.299 e. The van der Waals surface area contributed by atoms with Gasteiger partial charge in [-0.1, -0.05) is 48.0 Å². The molecule has 0 bridgehead atoms. The fourth-order valence-electron chi connectivity index (χ4n) is 4.25. The third-order valence-corrected chi connectivity index (χ3v) is 8.09. The molecule has 3 aromatic carbocycles. The zero-order chi connectivity index (χ0) is 23.0. The van der Waals surface area contributed by atoms with Crippen LogP contribution in [0.2, 0.25) is 5.02 Å². The maximum absolute atomic E-state index is 12.9. The average Bonchev–Trinajstić information content (AvgIpc) is 3.61. The van der Waals surface area contributed by atoms with Crippen LogP contribution in [0.5, 0.6) is 0 Å². The fraction of sp³-hybridized carbons (Fsp3) is 0.192. The lowest BCUT2D eigenvalue weighted by Crippen LogP contribution is -2.07. The average molecular weight is 477 g/mol. The van der Waals surface area contributed by atoms with Crippen LogP contribution < -0.4 is 0 Å². The molecule has 1 saturated carbocycles. The fourth-order valence-corrected chi connectivity index (χ4v) is 5.74. The first-order valence-electron chi connectivity index (χ1n) is 10.7. The summed E-state index contributed by atoms with van der Waals surface area (Å²) in [7, 11) is -3.51. The number of hydrogen-bond acceptors (Lipinski definition) is 5. The molecule has 0 spiro atoms. The first-order chi connectivity index (χ1) is 15.9. The van der Waals surface area contributed by atoms with Crippen LogP contribution in [-0.2, 0) is 26.8 Å². The summed E-state index contributed by atoms with van der Waals surface area (Å²) in [6, 6.07) is 18.6. The van der Waals surface area contributed by atoms with Crippen molar-refractivity contribution in [2.45, 2.75) is 29.4 Å². The summed E-state index contributed by atoms with van der Waals surface area (Å²) < 4.78 is 25.3. The highest BCUT2D eigenvalue weighted by Crippen LogP contribution is 2.48. The Balaban J connectivity index is 1.25. The van der Waals surface area contributed by atoms with E-state index in [0.717, 1.165) is 28.3 Å². The molecule has 1 fully saturated rings. The topological polar surface area (TPSA) is 77.0 Å². The van der Waals surface area contributed by atoms with Crippen molar-refractivity contribution in [1.82, 2.24) is 9.97 Å². The highest BCUT2D eigenvalue weighted by Gasteiger charge is 2.43. The normalized spacial score (nSPS) is 17.7. The van der Waals surface area contributed by atoms with E-state index in [4.69, 9.17) is 11.6 Å². The lowest BCUT2D eigenvalue weighted by Gasteiger charge is -2.07. The second kappa shape index (κ2) is 8.69. The molecule has 1 heterocycles. The number of aromatic nitrogens is 2. The summed E-state index contributed by atoms with van der Waals surface area (Å²) in [5, 5.41) is 2.69. The molecule has 4 aromatic rings. The molecule has 1 unspecified atom stereocenters. The number of rotatable bonds is 7. The van der Waals surface area contributed by atoms with Gasteiger partial charge in [0.1, 0.15) is 5.78 Å². The Bertz CT molecular complexity index is 1440. The Morgan fingerprint density at radius 1 is 1.03 bits per heavy atom. The summed E-state index contributed by atoms with van der Waals surface area (Å²) >= 11 is 6.30. The van der Waals surface area contributed by atoms with Gasteiger partial charge in [0, 0.05) is 41.3 Å². The van der Waals surface area contributed by atoms with Crippen molar-refractivity contribution >= 4 is 38.0 Å². The van der Waals surface area contributed by atoms with Crippen LogP contribution >= 0.6 is 11.6 Å². The smallest absolute Gasteiger partial charge is 0.184 e. The number of fused-ring (bicyclic) bond motifs is 1. The van der Waals surface area contributed by atoms with Gasteiger partial charge in [-0.15, -0.1) is 0 Å². The molecule has 166 valence electrons. The lowest BCUT2D eigenvalue weighted by atomic mass is 10.00. The highest BCUT2D eigenvalue weighted by molar-refractivity contribution is 7.90. The maximum Gasteiger partial charge on any atom is 0.184 e. The maximum atomic E-state index is 12.9. The molecule has 5 rings (SSSR count). The predicted octanol–water partition coefficient (Wildman–Crippen LogP) is 5.17. The molecule has 33 heavy (non-hydrogen) atoms. The molecule has 0 N–H and O–H groups in total. The van der Waals surface area contributed by atoms with Crippen molar-refractivity contribution in [3.8, 4) is 0 Å². The quantitative estimate of drug-likeness (QED) is 0.367. The van der Waals surface area contributed by atoms with Gasteiger partial charge in [-0.2, -0.15) is 0 Å². The molecule has 0 amide bonds. The van der Waals surface area contributed by atoms with Crippen molar-refractivity contribution in [3.05, 3.63) is 101 Å². The molecule has 2 atom stereocenters. The number of benzene rings is 3. The third-order valence-electron chi connectivity index (χ3n) is 6.10. The Morgan fingerprint density at radius 3 is 2.61 bits per heavy atom. The monoisotopic (exact) mass is 476 g/mol. The van der Waals surface area contributed by atoms with Gasteiger partial charge in [0.2, 0.25) is 0 Å². The van der Waals surface area contributed by atoms with Gasteiger partial charge in [-0.3, -0.25) is 14.8 Å². The standard InChI is InChI=1S/C26H21ClN2O3S/c27-25-3-1-2-18-5-4-17(12-23(18)25)13-26(30)24-14-22(24)19-6-8-21(9-7-19)33(31,32)16-20-15-28-10-11-29-20/h1-12,15,22,24H,13-14,16H2/t22?,24-/m1/s1. The Labute approximate surface area is 197 Å². The molecule has 0 saturated heterocycles. The van der Waals surface area contributed by atoms with Gasteiger partial charge in [-0.25, -0.2) is 8.42 Å². The van der Waals surface area contributed by atoms with Crippen LogP contribution in [0.1, 0.15) is 29.2 Å². The summed E-state index contributed by atoms with van der Waals surface area (Å²) in [6.45, 7) is 0. The minimum Gasteiger partial charge on any atom is -0.299 e. The third kappa shape index (κ3) is 4.68. The first kappa shape index (κ1) is 21.7. The van der Waals surface area contributed by atoms with E-state index in [1.807, 2.05) is 48.5 Å². The van der Waals surface area contributed by atoms with Gasteiger partial charge in [0.25, 0.3) is 0 Å². The van der Waals surface area contributed by atoms with E-state index in [-0.39, 0.29) is 28.3 Å². The van der Waals surface area contributed by atoms with E-state index in [0.29, 0.717) is 17.1 Å². The Kier molecular flexibility index (Phi) is 5.72. The van der Waals surface area contributed by atoms with Gasteiger partial charge in [0.15, 0.2) is 9.84 Å². The van der Waals surface area contributed by atoms with Crippen LogP contribution in [0, 0.1) is 5.92 Å².